The summed E-state index contributed by atoms with van der Waals surface area (Å²) in [7, 11) is 0. The normalized spacial score (nSPS) is 38.6. The van der Waals surface area contributed by atoms with Crippen LogP contribution in [0.25, 0.3) is 0 Å². The second kappa shape index (κ2) is 1.90. The zero-order valence-corrected chi connectivity index (χ0v) is 6.36. The quantitative estimate of drug-likeness (QED) is 0.529. The number of thioether (sulfide) groups is 2. The van der Waals surface area contributed by atoms with E-state index in [9.17, 15) is 0 Å². The van der Waals surface area contributed by atoms with E-state index in [1.54, 1.807) is 0 Å². The van der Waals surface area contributed by atoms with Gasteiger partial charge in [0.25, 0.3) is 0 Å². The molecular formula is C5H10S2. The van der Waals surface area contributed by atoms with E-state index in [0.717, 1.165) is 0 Å². The fourth-order valence-electron chi connectivity index (χ4n) is 0.512. The summed E-state index contributed by atoms with van der Waals surface area (Å²) in [5.41, 5.74) is 0. The molecule has 0 amide bonds. The Bertz CT molecular complexity index is 66.5. The van der Waals surface area contributed by atoms with Gasteiger partial charge in [0.1, 0.15) is 0 Å². The van der Waals surface area contributed by atoms with Crippen LogP contribution in [-0.2, 0) is 0 Å². The molecule has 0 aromatic heterocycles. The Labute approximate surface area is 53.4 Å². The standard InChI is InChI=1S/C5H10S2/c1-5(3-6-2)4-7-5/h3-4H2,1-2H3. The molecule has 1 heterocycles. The summed E-state index contributed by atoms with van der Waals surface area (Å²) in [6.45, 7) is 2.33. The van der Waals surface area contributed by atoms with Crippen LogP contribution in [0.15, 0.2) is 0 Å². The van der Waals surface area contributed by atoms with Crippen LogP contribution in [0, 0.1) is 0 Å². The molecule has 1 aliphatic heterocycles. The van der Waals surface area contributed by atoms with Crippen molar-refractivity contribution in [1.29, 1.82) is 0 Å². The van der Waals surface area contributed by atoms with Gasteiger partial charge in [0.15, 0.2) is 0 Å². The molecular weight excluding hydrogens is 124 g/mol. The third-order valence-corrected chi connectivity index (χ3v) is 3.61. The molecule has 0 spiro atoms. The van der Waals surface area contributed by atoms with Crippen LogP contribution in [-0.4, -0.2) is 22.5 Å². The largest absolute Gasteiger partial charge is 0.164 e. The smallest absolute Gasteiger partial charge is 0.0313 e. The highest BCUT2D eigenvalue weighted by Gasteiger charge is 2.37. The van der Waals surface area contributed by atoms with Gasteiger partial charge in [-0.3, -0.25) is 0 Å². The Kier molecular flexibility index (Phi) is 1.58. The molecule has 0 N–H and O–H groups in total. The van der Waals surface area contributed by atoms with Crippen molar-refractivity contribution < 1.29 is 0 Å². The van der Waals surface area contributed by atoms with Crippen molar-refractivity contribution in [2.75, 3.05) is 17.8 Å². The molecule has 1 aliphatic rings. The highest BCUT2D eigenvalue weighted by Crippen LogP contribution is 2.45. The van der Waals surface area contributed by atoms with Crippen molar-refractivity contribution in [1.82, 2.24) is 0 Å². The number of hydrogen-bond acceptors (Lipinski definition) is 2. The lowest BCUT2D eigenvalue weighted by Crippen LogP contribution is -2.04. The molecule has 0 nitrogen and oxygen atoms in total. The van der Waals surface area contributed by atoms with Crippen LogP contribution >= 0.6 is 23.5 Å². The summed E-state index contributed by atoms with van der Waals surface area (Å²) in [5.74, 6) is 2.71. The van der Waals surface area contributed by atoms with Crippen LogP contribution in [0.4, 0.5) is 0 Å². The summed E-state index contributed by atoms with van der Waals surface area (Å²) in [4.78, 5) is 0. The molecule has 2 heteroatoms. The number of hydrogen-bond donors (Lipinski definition) is 0. The topological polar surface area (TPSA) is 0 Å². The van der Waals surface area contributed by atoms with Crippen molar-refractivity contribution in [2.45, 2.75) is 11.7 Å². The highest BCUT2D eigenvalue weighted by molar-refractivity contribution is 8.09. The van der Waals surface area contributed by atoms with Gasteiger partial charge in [0.05, 0.1) is 0 Å². The van der Waals surface area contributed by atoms with E-state index in [4.69, 9.17) is 0 Å². The van der Waals surface area contributed by atoms with Crippen LogP contribution in [0.2, 0.25) is 0 Å². The Hall–Kier alpha value is 0.700. The first-order valence-corrected chi connectivity index (χ1v) is 4.78. The first kappa shape index (κ1) is 5.83. The lowest BCUT2D eigenvalue weighted by molar-refractivity contribution is 0.922. The second-order valence-corrected chi connectivity index (χ2v) is 4.60. The molecule has 0 aromatic rings. The molecule has 0 aliphatic carbocycles. The van der Waals surface area contributed by atoms with Gasteiger partial charge in [-0.15, -0.1) is 0 Å². The molecule has 0 radical (unpaired) electrons. The molecule has 1 fully saturated rings. The molecule has 1 rings (SSSR count). The summed E-state index contributed by atoms with van der Waals surface area (Å²) < 4.78 is 0.680. The molecule has 1 unspecified atom stereocenters. The predicted octanol–water partition coefficient (Wildman–Crippen LogP) is 1.85. The molecule has 1 atom stereocenters. The molecule has 42 valence electrons. The SMILES string of the molecule is CSCC1(C)CS1. The predicted molar refractivity (Wildman–Crippen MR) is 39.2 cm³/mol. The Morgan fingerprint density at radius 1 is 1.86 bits per heavy atom. The van der Waals surface area contributed by atoms with Gasteiger partial charge < -0.3 is 0 Å². The molecule has 1 saturated heterocycles. The molecule has 0 bridgehead atoms. The van der Waals surface area contributed by atoms with E-state index in [-0.39, 0.29) is 0 Å². The first-order valence-electron chi connectivity index (χ1n) is 2.40. The highest BCUT2D eigenvalue weighted by atomic mass is 32.2. The molecule has 0 saturated carbocycles. The fourth-order valence-corrected chi connectivity index (χ4v) is 2.39. The minimum atomic E-state index is 0.680. The van der Waals surface area contributed by atoms with Gasteiger partial charge in [0, 0.05) is 16.3 Å². The Balaban J connectivity index is 2.13. The van der Waals surface area contributed by atoms with E-state index in [0.29, 0.717) is 4.75 Å². The first-order chi connectivity index (χ1) is 3.27. The van der Waals surface area contributed by atoms with Crippen LogP contribution in [0.5, 0.6) is 0 Å². The number of rotatable bonds is 2. The fraction of sp³-hybridized carbons (Fsp3) is 1.00. The maximum absolute atomic E-state index is 2.33. The van der Waals surface area contributed by atoms with Crippen molar-refractivity contribution in [3.05, 3.63) is 0 Å². The maximum atomic E-state index is 2.33. The summed E-state index contributed by atoms with van der Waals surface area (Å²) >= 11 is 4.02. The van der Waals surface area contributed by atoms with Crippen LogP contribution in [0.1, 0.15) is 6.92 Å². The second-order valence-electron chi connectivity index (χ2n) is 2.17. The zero-order valence-electron chi connectivity index (χ0n) is 4.73. The van der Waals surface area contributed by atoms with Crippen LogP contribution < -0.4 is 0 Å². The summed E-state index contributed by atoms with van der Waals surface area (Å²) in [5, 5.41) is 0. The third kappa shape index (κ3) is 1.57. The minimum Gasteiger partial charge on any atom is -0.164 e. The van der Waals surface area contributed by atoms with E-state index in [1.807, 2.05) is 11.8 Å². The van der Waals surface area contributed by atoms with Gasteiger partial charge >= 0.3 is 0 Å². The maximum Gasteiger partial charge on any atom is 0.0313 e. The van der Waals surface area contributed by atoms with E-state index < -0.39 is 0 Å². The van der Waals surface area contributed by atoms with E-state index in [2.05, 4.69) is 24.9 Å². The van der Waals surface area contributed by atoms with Crippen LogP contribution in [0.3, 0.4) is 0 Å². The van der Waals surface area contributed by atoms with Gasteiger partial charge in [-0.25, -0.2) is 0 Å². The van der Waals surface area contributed by atoms with Crippen molar-refractivity contribution in [2.24, 2.45) is 0 Å². The zero-order chi connectivity index (χ0) is 5.33. The van der Waals surface area contributed by atoms with Crippen molar-refractivity contribution in [3.8, 4) is 0 Å². The van der Waals surface area contributed by atoms with E-state index in [1.165, 1.54) is 11.5 Å². The average molecular weight is 134 g/mol. The van der Waals surface area contributed by atoms with E-state index >= 15 is 0 Å². The average Bonchev–Trinajstić information content (AvgIpc) is 2.22. The monoisotopic (exact) mass is 134 g/mol. The van der Waals surface area contributed by atoms with Crippen molar-refractivity contribution in [3.63, 3.8) is 0 Å². The summed E-state index contributed by atoms with van der Waals surface area (Å²) in [6, 6.07) is 0. The Morgan fingerprint density at radius 2 is 2.43 bits per heavy atom. The van der Waals surface area contributed by atoms with Gasteiger partial charge in [0.2, 0.25) is 0 Å². The Morgan fingerprint density at radius 3 is 2.57 bits per heavy atom. The lowest BCUT2D eigenvalue weighted by Gasteiger charge is -1.98. The van der Waals surface area contributed by atoms with Gasteiger partial charge in [-0.1, -0.05) is 0 Å². The molecule has 0 aromatic carbocycles. The summed E-state index contributed by atoms with van der Waals surface area (Å²) in [6.07, 6.45) is 2.17. The minimum absolute atomic E-state index is 0.680. The molecule has 7 heavy (non-hydrogen) atoms. The van der Waals surface area contributed by atoms with Gasteiger partial charge in [-0.2, -0.15) is 23.5 Å². The third-order valence-electron chi connectivity index (χ3n) is 1.09. The van der Waals surface area contributed by atoms with Crippen molar-refractivity contribution >= 4 is 23.5 Å². The van der Waals surface area contributed by atoms with Gasteiger partial charge in [-0.05, 0) is 13.2 Å². The lowest BCUT2D eigenvalue weighted by atomic mass is 10.3.